The molecule has 1 unspecified atom stereocenters. The standard InChI is InChI=1S/C10H18N2/c1-4-7-10(12,8-11)9(5-2)6-3/h4,9H,1,5-7,12H2,2-3H3. The number of nitrogens with zero attached hydrogens (tertiary/aromatic N) is 1. The molecule has 0 aromatic carbocycles. The van der Waals surface area contributed by atoms with E-state index in [1.54, 1.807) is 6.08 Å². The van der Waals surface area contributed by atoms with E-state index in [0.717, 1.165) is 12.8 Å². The molecular formula is C10H18N2. The van der Waals surface area contributed by atoms with E-state index in [0.29, 0.717) is 6.42 Å². The predicted octanol–water partition coefficient (Wildman–Crippen LogP) is 2.22. The van der Waals surface area contributed by atoms with E-state index in [1.165, 1.54) is 0 Å². The van der Waals surface area contributed by atoms with Crippen LogP contribution in [-0.4, -0.2) is 5.54 Å². The van der Waals surface area contributed by atoms with Gasteiger partial charge in [-0.2, -0.15) is 5.26 Å². The fourth-order valence-corrected chi connectivity index (χ4v) is 1.56. The van der Waals surface area contributed by atoms with E-state index in [4.69, 9.17) is 11.0 Å². The minimum Gasteiger partial charge on any atom is -0.313 e. The van der Waals surface area contributed by atoms with Crippen LogP contribution in [0, 0.1) is 17.2 Å². The summed E-state index contributed by atoms with van der Waals surface area (Å²) in [6.07, 6.45) is 4.21. The molecule has 2 nitrogen and oxygen atoms in total. The molecule has 0 aromatic rings. The number of hydrogen-bond donors (Lipinski definition) is 1. The maximum atomic E-state index is 8.93. The molecule has 0 aliphatic heterocycles. The van der Waals surface area contributed by atoms with Gasteiger partial charge in [-0.1, -0.05) is 32.8 Å². The normalized spacial score (nSPS) is 15.2. The van der Waals surface area contributed by atoms with Gasteiger partial charge in [0.1, 0.15) is 5.54 Å². The number of rotatable bonds is 5. The van der Waals surface area contributed by atoms with Crippen LogP contribution < -0.4 is 5.73 Å². The molecule has 0 spiro atoms. The minimum atomic E-state index is -0.703. The molecule has 2 heteroatoms. The van der Waals surface area contributed by atoms with E-state index in [-0.39, 0.29) is 5.92 Å². The maximum Gasteiger partial charge on any atom is 0.110 e. The van der Waals surface area contributed by atoms with Crippen LogP contribution in [0.3, 0.4) is 0 Å². The van der Waals surface area contributed by atoms with Crippen molar-refractivity contribution in [3.8, 4) is 6.07 Å². The first-order valence-corrected chi connectivity index (χ1v) is 4.45. The lowest BCUT2D eigenvalue weighted by molar-refractivity contribution is 0.323. The van der Waals surface area contributed by atoms with Crippen LogP contribution in [-0.2, 0) is 0 Å². The summed E-state index contributed by atoms with van der Waals surface area (Å²) in [6.45, 7) is 7.74. The first-order chi connectivity index (χ1) is 5.64. The van der Waals surface area contributed by atoms with Crippen LogP contribution in [0.1, 0.15) is 33.1 Å². The molecule has 0 aliphatic carbocycles. The first-order valence-electron chi connectivity index (χ1n) is 4.45. The minimum absolute atomic E-state index is 0.278. The molecule has 0 aromatic heterocycles. The summed E-state index contributed by atoms with van der Waals surface area (Å²) in [6, 6.07) is 2.19. The zero-order chi connectivity index (χ0) is 9.61. The van der Waals surface area contributed by atoms with Gasteiger partial charge < -0.3 is 5.73 Å². The van der Waals surface area contributed by atoms with Crippen LogP contribution >= 0.6 is 0 Å². The van der Waals surface area contributed by atoms with Crippen molar-refractivity contribution in [3.05, 3.63) is 12.7 Å². The molecule has 68 valence electrons. The van der Waals surface area contributed by atoms with E-state index in [1.807, 2.05) is 0 Å². The molecule has 0 amide bonds. The van der Waals surface area contributed by atoms with Gasteiger partial charge in [0, 0.05) is 0 Å². The third-order valence-electron chi connectivity index (χ3n) is 2.40. The Hall–Kier alpha value is -0.810. The summed E-state index contributed by atoms with van der Waals surface area (Å²) >= 11 is 0. The molecule has 0 fully saturated rings. The molecule has 0 bridgehead atoms. The average molecular weight is 166 g/mol. The molecule has 0 saturated heterocycles. The summed E-state index contributed by atoms with van der Waals surface area (Å²) < 4.78 is 0. The quantitative estimate of drug-likeness (QED) is 0.637. The van der Waals surface area contributed by atoms with Crippen LogP contribution in [0.2, 0.25) is 0 Å². The van der Waals surface area contributed by atoms with E-state index >= 15 is 0 Å². The Labute approximate surface area is 75.1 Å². The molecular weight excluding hydrogens is 148 g/mol. The van der Waals surface area contributed by atoms with Crippen molar-refractivity contribution in [1.29, 1.82) is 5.26 Å². The predicted molar refractivity (Wildman–Crippen MR) is 51.4 cm³/mol. The Morgan fingerprint density at radius 2 is 2.08 bits per heavy atom. The van der Waals surface area contributed by atoms with Gasteiger partial charge in [-0.15, -0.1) is 6.58 Å². The van der Waals surface area contributed by atoms with Gasteiger partial charge in [0.15, 0.2) is 0 Å². The maximum absolute atomic E-state index is 8.93. The Kier molecular flexibility index (Phi) is 4.61. The smallest absolute Gasteiger partial charge is 0.110 e. The Bertz CT molecular complexity index is 177. The number of nitriles is 1. The Morgan fingerprint density at radius 1 is 1.58 bits per heavy atom. The number of nitrogens with two attached hydrogens (primary N) is 1. The fraction of sp³-hybridized carbons (Fsp3) is 0.700. The molecule has 0 saturated carbocycles. The molecule has 12 heavy (non-hydrogen) atoms. The molecule has 0 heterocycles. The summed E-state index contributed by atoms with van der Waals surface area (Å²) in [4.78, 5) is 0. The van der Waals surface area contributed by atoms with Gasteiger partial charge in [-0.05, 0) is 12.3 Å². The topological polar surface area (TPSA) is 49.8 Å². The molecule has 0 radical (unpaired) electrons. The average Bonchev–Trinajstić information content (AvgIpc) is 2.07. The van der Waals surface area contributed by atoms with E-state index < -0.39 is 5.54 Å². The van der Waals surface area contributed by atoms with Crippen molar-refractivity contribution >= 4 is 0 Å². The highest BCUT2D eigenvalue weighted by Gasteiger charge is 2.31. The van der Waals surface area contributed by atoms with Gasteiger partial charge in [0.25, 0.3) is 0 Å². The highest BCUT2D eigenvalue weighted by atomic mass is 14.8. The second-order valence-corrected chi connectivity index (χ2v) is 3.16. The van der Waals surface area contributed by atoms with Gasteiger partial charge in [-0.25, -0.2) is 0 Å². The zero-order valence-corrected chi connectivity index (χ0v) is 8.01. The lowest BCUT2D eigenvalue weighted by Crippen LogP contribution is -2.45. The van der Waals surface area contributed by atoms with Crippen LogP contribution in [0.25, 0.3) is 0 Å². The van der Waals surface area contributed by atoms with Gasteiger partial charge in [0.2, 0.25) is 0 Å². The van der Waals surface area contributed by atoms with Crippen LogP contribution in [0.15, 0.2) is 12.7 Å². The molecule has 0 aliphatic rings. The summed E-state index contributed by atoms with van der Waals surface area (Å²) in [5.41, 5.74) is 5.24. The second-order valence-electron chi connectivity index (χ2n) is 3.16. The zero-order valence-electron chi connectivity index (χ0n) is 8.01. The summed E-state index contributed by atoms with van der Waals surface area (Å²) in [7, 11) is 0. The highest BCUT2D eigenvalue weighted by Crippen LogP contribution is 2.24. The third kappa shape index (κ3) is 2.35. The lowest BCUT2D eigenvalue weighted by Gasteiger charge is -2.28. The first kappa shape index (κ1) is 11.2. The molecule has 0 rings (SSSR count). The molecule has 2 N–H and O–H groups in total. The fourth-order valence-electron chi connectivity index (χ4n) is 1.56. The largest absolute Gasteiger partial charge is 0.313 e. The van der Waals surface area contributed by atoms with Gasteiger partial charge >= 0.3 is 0 Å². The third-order valence-corrected chi connectivity index (χ3v) is 2.40. The van der Waals surface area contributed by atoms with Crippen molar-refractivity contribution in [2.24, 2.45) is 11.7 Å². The van der Waals surface area contributed by atoms with Crippen molar-refractivity contribution < 1.29 is 0 Å². The van der Waals surface area contributed by atoms with Crippen molar-refractivity contribution in [2.45, 2.75) is 38.6 Å². The molecule has 1 atom stereocenters. The SMILES string of the molecule is C=CCC(N)(C#N)C(CC)CC. The van der Waals surface area contributed by atoms with E-state index in [9.17, 15) is 0 Å². The summed E-state index contributed by atoms with van der Waals surface area (Å²) in [5, 5.41) is 8.93. The monoisotopic (exact) mass is 166 g/mol. The second kappa shape index (κ2) is 4.95. The highest BCUT2D eigenvalue weighted by molar-refractivity contribution is 5.11. The number of hydrogen-bond acceptors (Lipinski definition) is 2. The Balaban J connectivity index is 4.48. The lowest BCUT2D eigenvalue weighted by atomic mass is 9.80. The van der Waals surface area contributed by atoms with Crippen molar-refractivity contribution in [1.82, 2.24) is 0 Å². The van der Waals surface area contributed by atoms with E-state index in [2.05, 4.69) is 26.5 Å². The summed E-state index contributed by atoms with van der Waals surface area (Å²) in [5.74, 6) is 0.278. The van der Waals surface area contributed by atoms with Gasteiger partial charge in [0.05, 0.1) is 6.07 Å². The van der Waals surface area contributed by atoms with Crippen molar-refractivity contribution in [2.75, 3.05) is 0 Å². The van der Waals surface area contributed by atoms with Gasteiger partial charge in [-0.3, -0.25) is 0 Å². The van der Waals surface area contributed by atoms with Crippen LogP contribution in [0.4, 0.5) is 0 Å². The van der Waals surface area contributed by atoms with Crippen molar-refractivity contribution in [3.63, 3.8) is 0 Å². The Morgan fingerprint density at radius 3 is 2.33 bits per heavy atom. The van der Waals surface area contributed by atoms with Crippen LogP contribution in [0.5, 0.6) is 0 Å².